The molecule has 27 heavy (non-hydrogen) atoms. The van der Waals surface area contributed by atoms with E-state index in [2.05, 4.69) is 25.0 Å². The Labute approximate surface area is 154 Å². The quantitative estimate of drug-likeness (QED) is 0.289. The number of aromatic nitrogens is 7. The summed E-state index contributed by atoms with van der Waals surface area (Å²) in [6.07, 6.45) is -1.23. The minimum Gasteiger partial charge on any atom is -0.394 e. The van der Waals surface area contributed by atoms with Gasteiger partial charge in [0.2, 0.25) is 0 Å². The molecule has 13 nitrogen and oxygen atoms in total. The van der Waals surface area contributed by atoms with Crippen LogP contribution in [0.1, 0.15) is 6.23 Å². The van der Waals surface area contributed by atoms with Gasteiger partial charge in [-0.05, 0) is 0 Å². The first-order chi connectivity index (χ1) is 12.9. The number of imidazole rings is 1. The van der Waals surface area contributed by atoms with Gasteiger partial charge in [0.15, 0.2) is 17.0 Å². The number of nitrogens with one attached hydrogen (secondary N) is 2. The zero-order valence-electron chi connectivity index (χ0n) is 13.4. The van der Waals surface area contributed by atoms with Gasteiger partial charge in [0.25, 0.3) is 5.56 Å². The molecular formula is C13H14ClN7O6. The second kappa shape index (κ2) is 7.89. The molecule has 0 aliphatic carbocycles. The standard InChI is InChI=1S/C8H11N3O6.C5H3ClN4/c12-2-3-5(14)6(15)7(17-3)11-8(16)10-4(13)1-9-11;6-4-3-5(9-1-7-3)10-2-8-4/h1,3,5-7,12,14-15H,2H2,(H,10,13,16);1-2H,(H,7,8,9,10)/t3-,5-,6-,7-;/m1./s1. The van der Waals surface area contributed by atoms with Gasteiger partial charge in [-0.25, -0.2) is 19.7 Å². The van der Waals surface area contributed by atoms with Crippen molar-refractivity contribution in [1.29, 1.82) is 0 Å². The molecule has 144 valence electrons. The number of aromatic amines is 2. The van der Waals surface area contributed by atoms with E-state index in [0.717, 1.165) is 6.20 Å². The molecule has 0 radical (unpaired) electrons. The van der Waals surface area contributed by atoms with E-state index >= 15 is 0 Å². The van der Waals surface area contributed by atoms with E-state index in [9.17, 15) is 19.8 Å². The van der Waals surface area contributed by atoms with Crippen LogP contribution in [0.25, 0.3) is 11.2 Å². The van der Waals surface area contributed by atoms with Crippen molar-refractivity contribution < 1.29 is 20.1 Å². The topological polar surface area (TPSA) is 192 Å². The second-order valence-corrected chi connectivity index (χ2v) is 5.74. The van der Waals surface area contributed by atoms with Crippen LogP contribution in [0.2, 0.25) is 5.15 Å². The summed E-state index contributed by atoms with van der Waals surface area (Å²) in [5.41, 5.74) is -0.269. The van der Waals surface area contributed by atoms with E-state index in [1.54, 1.807) is 0 Å². The number of fused-ring (bicyclic) bond motifs is 1. The number of rotatable bonds is 2. The first kappa shape index (κ1) is 19.1. The van der Waals surface area contributed by atoms with Crippen LogP contribution in [0.15, 0.2) is 28.4 Å². The molecule has 0 spiro atoms. The molecule has 1 saturated heterocycles. The Bertz CT molecular complexity index is 1040. The summed E-state index contributed by atoms with van der Waals surface area (Å²) >= 11 is 5.68. The smallest absolute Gasteiger partial charge is 0.347 e. The fraction of sp³-hybridized carbons (Fsp3) is 0.385. The first-order valence-electron chi connectivity index (χ1n) is 7.52. The Morgan fingerprint density at radius 3 is 2.63 bits per heavy atom. The number of halogens is 1. The zero-order valence-corrected chi connectivity index (χ0v) is 14.2. The zero-order chi connectivity index (χ0) is 19.6. The summed E-state index contributed by atoms with van der Waals surface area (Å²) in [5.74, 6) is 0. The molecule has 3 aromatic heterocycles. The SMILES string of the molecule is Clc1ncnc2nc[nH]c12.O=c1cnn([C@@H]2O[C@H](CO)[C@@H](O)[C@H]2O)c(=O)[nH]1. The molecule has 4 heterocycles. The highest BCUT2D eigenvalue weighted by atomic mass is 35.5. The minimum atomic E-state index is -1.41. The van der Waals surface area contributed by atoms with Gasteiger partial charge in [0.1, 0.15) is 36.4 Å². The third kappa shape index (κ3) is 3.86. The van der Waals surface area contributed by atoms with Crippen molar-refractivity contribution in [3.8, 4) is 0 Å². The average Bonchev–Trinajstić information content (AvgIpc) is 3.23. The highest BCUT2D eigenvalue weighted by Gasteiger charge is 2.44. The Morgan fingerprint density at radius 1 is 1.22 bits per heavy atom. The first-order valence-corrected chi connectivity index (χ1v) is 7.90. The normalized spacial score (nSPS) is 24.6. The summed E-state index contributed by atoms with van der Waals surface area (Å²) in [6, 6.07) is 0. The van der Waals surface area contributed by atoms with E-state index in [1.807, 2.05) is 4.98 Å². The van der Waals surface area contributed by atoms with Gasteiger partial charge in [0.05, 0.1) is 12.9 Å². The van der Waals surface area contributed by atoms with Gasteiger partial charge in [0, 0.05) is 0 Å². The van der Waals surface area contributed by atoms with Crippen LogP contribution in [0, 0.1) is 0 Å². The summed E-state index contributed by atoms with van der Waals surface area (Å²) in [5, 5.41) is 31.9. The molecule has 1 aliphatic rings. The molecule has 14 heteroatoms. The Balaban J connectivity index is 0.000000177. The lowest BCUT2D eigenvalue weighted by Crippen LogP contribution is -2.39. The molecule has 4 rings (SSSR count). The van der Waals surface area contributed by atoms with Crippen LogP contribution in [0.4, 0.5) is 0 Å². The van der Waals surface area contributed by atoms with Crippen LogP contribution in [0.5, 0.6) is 0 Å². The molecule has 1 aliphatic heterocycles. The fourth-order valence-electron chi connectivity index (χ4n) is 2.36. The number of aliphatic hydroxyl groups is 3. The molecule has 4 atom stereocenters. The van der Waals surface area contributed by atoms with E-state index in [0.29, 0.717) is 21.0 Å². The van der Waals surface area contributed by atoms with Crippen LogP contribution < -0.4 is 11.2 Å². The highest BCUT2D eigenvalue weighted by molar-refractivity contribution is 6.33. The monoisotopic (exact) mass is 399 g/mol. The molecule has 0 amide bonds. The van der Waals surface area contributed by atoms with E-state index in [1.165, 1.54) is 12.7 Å². The van der Waals surface area contributed by atoms with Crippen LogP contribution in [-0.4, -0.2) is 74.9 Å². The lowest BCUT2D eigenvalue weighted by Gasteiger charge is -2.14. The highest BCUT2D eigenvalue weighted by Crippen LogP contribution is 2.27. The Morgan fingerprint density at radius 2 is 2.00 bits per heavy atom. The predicted molar refractivity (Wildman–Crippen MR) is 88.8 cm³/mol. The van der Waals surface area contributed by atoms with Crippen LogP contribution in [-0.2, 0) is 4.74 Å². The third-order valence-corrected chi connectivity index (χ3v) is 3.96. The molecule has 0 unspecified atom stereocenters. The molecule has 0 saturated carbocycles. The van der Waals surface area contributed by atoms with E-state index < -0.39 is 42.4 Å². The largest absolute Gasteiger partial charge is 0.394 e. The van der Waals surface area contributed by atoms with E-state index in [4.69, 9.17) is 21.4 Å². The van der Waals surface area contributed by atoms with Gasteiger partial charge in [-0.2, -0.15) is 9.78 Å². The Hall–Kier alpha value is -2.71. The lowest BCUT2D eigenvalue weighted by atomic mass is 10.1. The molecule has 0 bridgehead atoms. The fourth-order valence-corrected chi connectivity index (χ4v) is 2.54. The second-order valence-electron chi connectivity index (χ2n) is 5.38. The number of ether oxygens (including phenoxy) is 1. The molecular weight excluding hydrogens is 386 g/mol. The minimum absolute atomic E-state index is 0.405. The lowest BCUT2D eigenvalue weighted by molar-refractivity contribution is -0.0618. The number of hydrogen-bond acceptors (Lipinski definition) is 10. The average molecular weight is 400 g/mol. The van der Waals surface area contributed by atoms with Crippen molar-refractivity contribution in [3.05, 3.63) is 44.8 Å². The van der Waals surface area contributed by atoms with Crippen molar-refractivity contribution in [2.24, 2.45) is 0 Å². The maximum absolute atomic E-state index is 11.4. The van der Waals surface area contributed by atoms with Gasteiger partial charge in [-0.3, -0.25) is 9.78 Å². The van der Waals surface area contributed by atoms with Gasteiger partial charge < -0.3 is 25.0 Å². The number of H-pyrrole nitrogens is 2. The van der Waals surface area contributed by atoms with Gasteiger partial charge in [-0.15, -0.1) is 0 Å². The molecule has 5 N–H and O–H groups in total. The third-order valence-electron chi connectivity index (χ3n) is 3.67. The number of aliphatic hydroxyl groups excluding tert-OH is 3. The summed E-state index contributed by atoms with van der Waals surface area (Å²) in [7, 11) is 0. The Kier molecular flexibility index (Phi) is 5.57. The van der Waals surface area contributed by atoms with Crippen LogP contribution >= 0.6 is 11.6 Å². The maximum Gasteiger partial charge on any atom is 0.347 e. The molecule has 0 aromatic carbocycles. The van der Waals surface area contributed by atoms with Gasteiger partial charge in [-0.1, -0.05) is 11.6 Å². The number of nitrogens with zero attached hydrogens (tertiary/aromatic N) is 5. The predicted octanol–water partition coefficient (Wildman–Crippen LogP) is -2.45. The summed E-state index contributed by atoms with van der Waals surface area (Å²) < 4.78 is 5.77. The summed E-state index contributed by atoms with van der Waals surface area (Å²) in [6.45, 7) is -0.507. The molecule has 1 fully saturated rings. The summed E-state index contributed by atoms with van der Waals surface area (Å²) in [4.78, 5) is 38.5. The van der Waals surface area contributed by atoms with Crippen molar-refractivity contribution in [1.82, 2.24) is 34.7 Å². The van der Waals surface area contributed by atoms with Crippen molar-refractivity contribution >= 4 is 22.8 Å². The number of hydrogen-bond donors (Lipinski definition) is 5. The van der Waals surface area contributed by atoms with Crippen molar-refractivity contribution in [2.75, 3.05) is 6.61 Å². The van der Waals surface area contributed by atoms with Crippen molar-refractivity contribution in [3.63, 3.8) is 0 Å². The maximum atomic E-state index is 11.4. The van der Waals surface area contributed by atoms with Gasteiger partial charge >= 0.3 is 5.69 Å². The van der Waals surface area contributed by atoms with E-state index in [-0.39, 0.29) is 0 Å². The van der Waals surface area contributed by atoms with Crippen molar-refractivity contribution in [2.45, 2.75) is 24.5 Å². The molecule has 3 aromatic rings. The van der Waals surface area contributed by atoms with Crippen LogP contribution in [0.3, 0.4) is 0 Å².